The Morgan fingerprint density at radius 2 is 1.96 bits per heavy atom. The number of nitrogen functional groups attached to an aromatic ring is 1. The molecular formula is C17H20Cl2N4O3. The molecule has 0 unspecified atom stereocenters. The molecule has 1 aromatic heterocycles. The molecule has 9 heteroatoms. The number of carbonyl (C=O) groups excluding carboxylic acids is 1. The van der Waals surface area contributed by atoms with Gasteiger partial charge in [-0.15, -0.1) is 0 Å². The molecule has 140 valence electrons. The van der Waals surface area contributed by atoms with E-state index in [-0.39, 0.29) is 33.7 Å². The number of aromatic nitrogens is 2. The quantitative estimate of drug-likeness (QED) is 0.780. The van der Waals surface area contributed by atoms with Gasteiger partial charge in [-0.2, -0.15) is 0 Å². The molecule has 0 atom stereocenters. The molecule has 0 saturated carbocycles. The van der Waals surface area contributed by atoms with Crippen molar-refractivity contribution < 1.29 is 4.79 Å². The SMILES string of the molecule is CCCCn1c(N)c(N(CC)C(=O)c2cccc(Cl)c2Cl)c(=O)[nH]c1=O. The molecule has 0 aliphatic heterocycles. The molecule has 2 rings (SSSR count). The second-order valence-electron chi connectivity index (χ2n) is 5.65. The first kappa shape index (κ1) is 20.1. The maximum Gasteiger partial charge on any atom is 0.330 e. The summed E-state index contributed by atoms with van der Waals surface area (Å²) in [5.74, 6) is -0.585. The van der Waals surface area contributed by atoms with Crippen LogP contribution in [0.2, 0.25) is 10.0 Å². The standard InChI is InChI=1S/C17H20Cl2N4O3/c1-3-5-9-23-14(20)13(15(24)21-17(23)26)22(4-2)16(25)10-7-6-8-11(18)12(10)19/h6-8H,3-5,9,20H2,1-2H3,(H,21,24,26). The van der Waals surface area contributed by atoms with Gasteiger partial charge in [-0.3, -0.25) is 19.1 Å². The molecule has 0 bridgehead atoms. The van der Waals surface area contributed by atoms with E-state index in [9.17, 15) is 14.4 Å². The Balaban J connectivity index is 2.60. The molecular weight excluding hydrogens is 379 g/mol. The van der Waals surface area contributed by atoms with Crippen LogP contribution in [0.1, 0.15) is 37.0 Å². The second-order valence-corrected chi connectivity index (χ2v) is 6.43. The highest BCUT2D eigenvalue weighted by atomic mass is 35.5. The summed E-state index contributed by atoms with van der Waals surface area (Å²) in [6.45, 7) is 4.16. The molecule has 0 fully saturated rings. The van der Waals surface area contributed by atoms with E-state index in [1.165, 1.54) is 15.5 Å². The summed E-state index contributed by atoms with van der Waals surface area (Å²) in [5.41, 5.74) is 4.81. The van der Waals surface area contributed by atoms with Gasteiger partial charge < -0.3 is 10.6 Å². The smallest absolute Gasteiger partial charge is 0.330 e. The summed E-state index contributed by atoms with van der Waals surface area (Å²) in [7, 11) is 0. The zero-order valence-electron chi connectivity index (χ0n) is 14.5. The van der Waals surface area contributed by atoms with Crippen LogP contribution in [0.25, 0.3) is 0 Å². The first-order valence-corrected chi connectivity index (χ1v) is 8.97. The summed E-state index contributed by atoms with van der Waals surface area (Å²) in [5, 5.41) is 0.315. The number of benzene rings is 1. The van der Waals surface area contributed by atoms with E-state index < -0.39 is 17.2 Å². The molecule has 1 heterocycles. The minimum atomic E-state index is -0.728. The van der Waals surface area contributed by atoms with Gasteiger partial charge in [0.15, 0.2) is 5.69 Å². The number of rotatable bonds is 6. The zero-order valence-corrected chi connectivity index (χ0v) is 16.0. The number of carbonyl (C=O) groups is 1. The van der Waals surface area contributed by atoms with Crippen molar-refractivity contribution in [3.05, 3.63) is 54.6 Å². The van der Waals surface area contributed by atoms with Crippen molar-refractivity contribution in [1.29, 1.82) is 0 Å². The molecule has 3 N–H and O–H groups in total. The molecule has 0 saturated heterocycles. The average molecular weight is 399 g/mol. The van der Waals surface area contributed by atoms with Crippen LogP contribution < -0.4 is 21.9 Å². The lowest BCUT2D eigenvalue weighted by Gasteiger charge is -2.23. The van der Waals surface area contributed by atoms with Crippen LogP contribution in [0.15, 0.2) is 27.8 Å². The number of hydrogen-bond acceptors (Lipinski definition) is 4. The number of nitrogens with zero attached hydrogens (tertiary/aromatic N) is 2. The molecule has 2 aromatic rings. The minimum Gasteiger partial charge on any atom is -0.383 e. The van der Waals surface area contributed by atoms with E-state index >= 15 is 0 Å². The van der Waals surface area contributed by atoms with E-state index in [4.69, 9.17) is 28.9 Å². The molecule has 1 aromatic carbocycles. The number of nitrogens with one attached hydrogen (secondary N) is 1. The molecule has 26 heavy (non-hydrogen) atoms. The summed E-state index contributed by atoms with van der Waals surface area (Å²) < 4.78 is 1.26. The lowest BCUT2D eigenvalue weighted by molar-refractivity contribution is 0.0988. The number of halogens is 2. The minimum absolute atomic E-state index is 0.0550. The summed E-state index contributed by atoms with van der Waals surface area (Å²) >= 11 is 12.1. The number of nitrogens with two attached hydrogens (primary N) is 1. The molecule has 0 aliphatic carbocycles. The molecule has 1 amide bonds. The number of amides is 1. The predicted octanol–water partition coefficient (Wildman–Crippen LogP) is 2.89. The average Bonchev–Trinajstić information content (AvgIpc) is 2.60. The number of anilines is 2. The lowest BCUT2D eigenvalue weighted by atomic mass is 10.2. The highest BCUT2D eigenvalue weighted by Gasteiger charge is 2.25. The van der Waals surface area contributed by atoms with E-state index in [2.05, 4.69) is 4.98 Å². The Hall–Kier alpha value is -2.25. The summed E-state index contributed by atoms with van der Waals surface area (Å²) in [6, 6.07) is 4.66. The van der Waals surface area contributed by atoms with Gasteiger partial charge in [-0.25, -0.2) is 4.79 Å². The van der Waals surface area contributed by atoms with Gasteiger partial charge in [0.1, 0.15) is 5.82 Å². The maximum atomic E-state index is 13.0. The number of unbranched alkanes of at least 4 members (excludes halogenated alkanes) is 1. The highest BCUT2D eigenvalue weighted by molar-refractivity contribution is 6.44. The second kappa shape index (κ2) is 8.42. The maximum absolute atomic E-state index is 13.0. The van der Waals surface area contributed by atoms with Crippen LogP contribution in [-0.2, 0) is 6.54 Å². The summed E-state index contributed by atoms with van der Waals surface area (Å²) in [6.07, 6.45) is 1.55. The first-order valence-electron chi connectivity index (χ1n) is 8.21. The number of H-pyrrole nitrogens is 1. The number of aromatic amines is 1. The Bertz CT molecular complexity index is 937. The van der Waals surface area contributed by atoms with Crippen molar-refractivity contribution in [2.75, 3.05) is 17.2 Å². The molecule has 0 spiro atoms. The predicted molar refractivity (Wildman–Crippen MR) is 104 cm³/mol. The van der Waals surface area contributed by atoms with Crippen LogP contribution >= 0.6 is 23.2 Å². The monoisotopic (exact) mass is 398 g/mol. The van der Waals surface area contributed by atoms with Crippen LogP contribution in [-0.4, -0.2) is 22.0 Å². The fraction of sp³-hybridized carbons (Fsp3) is 0.353. The molecule has 7 nitrogen and oxygen atoms in total. The van der Waals surface area contributed by atoms with Crippen LogP contribution in [0.3, 0.4) is 0 Å². The van der Waals surface area contributed by atoms with Crippen molar-refractivity contribution in [3.8, 4) is 0 Å². The van der Waals surface area contributed by atoms with Crippen molar-refractivity contribution in [2.24, 2.45) is 0 Å². The van der Waals surface area contributed by atoms with Crippen molar-refractivity contribution in [2.45, 2.75) is 33.2 Å². The Kier molecular flexibility index (Phi) is 6.50. The van der Waals surface area contributed by atoms with Gasteiger partial charge in [-0.1, -0.05) is 42.6 Å². The summed E-state index contributed by atoms with van der Waals surface area (Å²) in [4.78, 5) is 40.8. The van der Waals surface area contributed by atoms with Crippen molar-refractivity contribution >= 4 is 40.6 Å². The van der Waals surface area contributed by atoms with Gasteiger partial charge in [0.2, 0.25) is 0 Å². The van der Waals surface area contributed by atoms with Gasteiger partial charge in [0, 0.05) is 13.1 Å². The highest BCUT2D eigenvalue weighted by Crippen LogP contribution is 2.28. The van der Waals surface area contributed by atoms with Crippen LogP contribution in [0.5, 0.6) is 0 Å². The lowest BCUT2D eigenvalue weighted by Crippen LogP contribution is -2.41. The largest absolute Gasteiger partial charge is 0.383 e. The van der Waals surface area contributed by atoms with E-state index in [0.717, 1.165) is 6.42 Å². The Morgan fingerprint density at radius 1 is 1.27 bits per heavy atom. The fourth-order valence-corrected chi connectivity index (χ4v) is 2.98. The first-order chi connectivity index (χ1) is 12.3. The van der Waals surface area contributed by atoms with E-state index in [1.54, 1.807) is 19.1 Å². The van der Waals surface area contributed by atoms with Gasteiger partial charge >= 0.3 is 5.69 Å². The van der Waals surface area contributed by atoms with Gasteiger partial charge in [0.25, 0.3) is 11.5 Å². The topological polar surface area (TPSA) is 101 Å². The van der Waals surface area contributed by atoms with E-state index in [1.807, 2.05) is 6.92 Å². The van der Waals surface area contributed by atoms with E-state index in [0.29, 0.717) is 13.0 Å². The zero-order chi connectivity index (χ0) is 19.4. The molecule has 0 aliphatic rings. The molecule has 0 radical (unpaired) electrons. The van der Waals surface area contributed by atoms with Gasteiger partial charge in [0.05, 0.1) is 15.6 Å². The van der Waals surface area contributed by atoms with Crippen LogP contribution in [0, 0.1) is 0 Å². The fourth-order valence-electron chi connectivity index (χ4n) is 2.59. The number of hydrogen-bond donors (Lipinski definition) is 2. The Labute approximate surface area is 160 Å². The Morgan fingerprint density at radius 3 is 2.58 bits per heavy atom. The van der Waals surface area contributed by atoms with Gasteiger partial charge in [-0.05, 0) is 25.5 Å². The van der Waals surface area contributed by atoms with Crippen LogP contribution in [0.4, 0.5) is 11.5 Å². The third kappa shape index (κ3) is 3.78. The van der Waals surface area contributed by atoms with Crippen molar-refractivity contribution in [3.63, 3.8) is 0 Å². The normalized spacial score (nSPS) is 10.8. The third-order valence-corrected chi connectivity index (χ3v) is 4.78. The third-order valence-electron chi connectivity index (χ3n) is 3.96. The van der Waals surface area contributed by atoms with Crippen molar-refractivity contribution in [1.82, 2.24) is 9.55 Å².